The molecule has 0 radical (unpaired) electrons. The van der Waals surface area contributed by atoms with Crippen molar-refractivity contribution < 1.29 is 9.90 Å². The van der Waals surface area contributed by atoms with Gasteiger partial charge in [-0.1, -0.05) is 19.9 Å². The molecule has 2 rings (SSSR count). The van der Waals surface area contributed by atoms with Gasteiger partial charge in [0.25, 0.3) is 0 Å². The monoisotopic (exact) mass is 260 g/mol. The van der Waals surface area contributed by atoms with Crippen LogP contribution in [0.5, 0.6) is 0 Å². The van der Waals surface area contributed by atoms with E-state index in [1.807, 2.05) is 13.8 Å². The summed E-state index contributed by atoms with van der Waals surface area (Å²) in [7, 11) is 0. The third-order valence-corrected chi connectivity index (χ3v) is 2.89. The van der Waals surface area contributed by atoms with Gasteiger partial charge in [-0.25, -0.2) is 14.5 Å². The number of nitrogens with zero attached hydrogens (tertiary/aromatic N) is 3. The normalized spacial score (nSPS) is 10.6. The van der Waals surface area contributed by atoms with Crippen LogP contribution in [-0.2, 0) is 12.8 Å². The van der Waals surface area contributed by atoms with Crippen LogP contribution in [0.25, 0.3) is 5.69 Å². The molecular formula is C13H16N4O2. The lowest BCUT2D eigenvalue weighted by molar-refractivity contribution is 0.0698. The molecule has 2 aromatic rings. The lowest BCUT2D eigenvalue weighted by Crippen LogP contribution is -2.10. The molecule has 0 aliphatic heterocycles. The summed E-state index contributed by atoms with van der Waals surface area (Å²) in [6, 6.07) is 4.88. The molecule has 1 aromatic heterocycles. The highest BCUT2D eigenvalue weighted by atomic mass is 16.4. The van der Waals surface area contributed by atoms with Crippen molar-refractivity contribution in [2.45, 2.75) is 26.7 Å². The van der Waals surface area contributed by atoms with Gasteiger partial charge in [0, 0.05) is 12.8 Å². The van der Waals surface area contributed by atoms with E-state index in [-0.39, 0.29) is 11.3 Å². The van der Waals surface area contributed by atoms with Crippen LogP contribution in [0, 0.1) is 0 Å². The number of para-hydroxylation sites is 1. The van der Waals surface area contributed by atoms with Crippen LogP contribution in [-0.4, -0.2) is 25.8 Å². The number of benzene rings is 1. The standard InChI is InChI=1S/C13H16N4O2/c1-3-10-15-11(4-2)17(16-10)9-7-5-6-8(12(9)14)13(18)19/h5-7H,3-4,14H2,1-2H3,(H,18,19). The molecule has 0 saturated heterocycles. The lowest BCUT2D eigenvalue weighted by atomic mass is 10.1. The predicted octanol–water partition coefficient (Wildman–Crippen LogP) is 1.67. The number of aromatic nitrogens is 3. The number of carboxylic acid groups (broad SMARTS) is 1. The van der Waals surface area contributed by atoms with E-state index >= 15 is 0 Å². The Morgan fingerprint density at radius 2 is 2.11 bits per heavy atom. The van der Waals surface area contributed by atoms with Gasteiger partial charge >= 0.3 is 5.97 Å². The summed E-state index contributed by atoms with van der Waals surface area (Å²) in [4.78, 5) is 15.5. The van der Waals surface area contributed by atoms with Gasteiger partial charge in [0.05, 0.1) is 16.9 Å². The Bertz CT molecular complexity index is 619. The molecule has 0 fully saturated rings. The number of carbonyl (C=O) groups is 1. The first kappa shape index (κ1) is 13.1. The van der Waals surface area contributed by atoms with E-state index < -0.39 is 5.97 Å². The second-order valence-corrected chi connectivity index (χ2v) is 4.11. The summed E-state index contributed by atoms with van der Waals surface area (Å²) < 4.78 is 1.63. The average Bonchev–Trinajstić information content (AvgIpc) is 2.81. The Labute approximate surface area is 110 Å². The molecule has 6 nitrogen and oxygen atoms in total. The van der Waals surface area contributed by atoms with Gasteiger partial charge in [0.1, 0.15) is 5.82 Å². The van der Waals surface area contributed by atoms with Crippen molar-refractivity contribution in [1.29, 1.82) is 0 Å². The van der Waals surface area contributed by atoms with Gasteiger partial charge in [0.2, 0.25) is 0 Å². The van der Waals surface area contributed by atoms with Crippen molar-refractivity contribution >= 4 is 11.7 Å². The molecule has 100 valence electrons. The van der Waals surface area contributed by atoms with E-state index in [4.69, 9.17) is 10.8 Å². The molecule has 0 amide bonds. The van der Waals surface area contributed by atoms with E-state index in [2.05, 4.69) is 10.1 Å². The smallest absolute Gasteiger partial charge is 0.337 e. The second kappa shape index (κ2) is 5.09. The zero-order valence-corrected chi connectivity index (χ0v) is 10.9. The molecule has 0 atom stereocenters. The topological polar surface area (TPSA) is 94.0 Å². The molecule has 0 aliphatic carbocycles. The van der Waals surface area contributed by atoms with Crippen LogP contribution in [0.3, 0.4) is 0 Å². The van der Waals surface area contributed by atoms with Crippen LogP contribution in [0.4, 0.5) is 5.69 Å². The summed E-state index contributed by atoms with van der Waals surface area (Å²) in [5.41, 5.74) is 6.76. The van der Waals surface area contributed by atoms with Crippen LogP contribution in [0.2, 0.25) is 0 Å². The van der Waals surface area contributed by atoms with Gasteiger partial charge in [-0.2, -0.15) is 5.10 Å². The SMILES string of the molecule is CCc1nc(CC)n(-c2cccc(C(=O)O)c2N)n1. The number of aromatic carboxylic acids is 1. The molecule has 0 aliphatic rings. The predicted molar refractivity (Wildman–Crippen MR) is 71.5 cm³/mol. The fourth-order valence-electron chi connectivity index (χ4n) is 1.89. The fraction of sp³-hybridized carbons (Fsp3) is 0.308. The van der Waals surface area contributed by atoms with Crippen molar-refractivity contribution in [2.24, 2.45) is 0 Å². The Balaban J connectivity index is 2.61. The van der Waals surface area contributed by atoms with Crippen LogP contribution >= 0.6 is 0 Å². The van der Waals surface area contributed by atoms with Gasteiger partial charge in [-0.3, -0.25) is 0 Å². The maximum absolute atomic E-state index is 11.1. The van der Waals surface area contributed by atoms with Gasteiger partial charge in [0.15, 0.2) is 5.82 Å². The van der Waals surface area contributed by atoms with Crippen LogP contribution < -0.4 is 5.73 Å². The quantitative estimate of drug-likeness (QED) is 0.815. The molecule has 3 N–H and O–H groups in total. The maximum Gasteiger partial charge on any atom is 0.337 e. The van der Waals surface area contributed by atoms with Gasteiger partial charge < -0.3 is 10.8 Å². The minimum Gasteiger partial charge on any atom is -0.478 e. The van der Waals surface area contributed by atoms with Gasteiger partial charge in [-0.15, -0.1) is 0 Å². The number of rotatable bonds is 4. The molecule has 0 unspecified atom stereocenters. The summed E-state index contributed by atoms with van der Waals surface area (Å²) in [5.74, 6) is 0.441. The third-order valence-electron chi connectivity index (χ3n) is 2.89. The van der Waals surface area contributed by atoms with Crippen molar-refractivity contribution in [3.8, 4) is 5.69 Å². The number of nitrogen functional groups attached to an aromatic ring is 1. The molecule has 1 heterocycles. The number of hydrogen-bond donors (Lipinski definition) is 2. The molecule has 19 heavy (non-hydrogen) atoms. The first-order valence-electron chi connectivity index (χ1n) is 6.15. The molecule has 0 saturated carbocycles. The molecular weight excluding hydrogens is 244 g/mol. The van der Waals surface area contributed by atoms with Crippen LogP contribution in [0.1, 0.15) is 35.9 Å². The van der Waals surface area contributed by atoms with E-state index in [0.29, 0.717) is 12.1 Å². The van der Waals surface area contributed by atoms with E-state index in [0.717, 1.165) is 18.1 Å². The fourth-order valence-corrected chi connectivity index (χ4v) is 1.89. The van der Waals surface area contributed by atoms with Gasteiger partial charge in [-0.05, 0) is 12.1 Å². The van der Waals surface area contributed by atoms with Crippen LogP contribution in [0.15, 0.2) is 18.2 Å². The molecule has 0 bridgehead atoms. The minimum absolute atomic E-state index is 0.0769. The van der Waals surface area contributed by atoms with E-state index in [9.17, 15) is 4.79 Å². The zero-order valence-electron chi connectivity index (χ0n) is 10.9. The number of aryl methyl sites for hydroxylation is 2. The Kier molecular flexibility index (Phi) is 3.50. The molecule has 1 aromatic carbocycles. The largest absolute Gasteiger partial charge is 0.478 e. The lowest BCUT2D eigenvalue weighted by Gasteiger charge is -2.09. The van der Waals surface area contributed by atoms with E-state index in [1.165, 1.54) is 6.07 Å². The average molecular weight is 260 g/mol. The number of nitrogens with two attached hydrogens (primary N) is 1. The van der Waals surface area contributed by atoms with Crippen molar-refractivity contribution in [3.63, 3.8) is 0 Å². The Morgan fingerprint density at radius 3 is 2.68 bits per heavy atom. The highest BCUT2D eigenvalue weighted by Crippen LogP contribution is 2.22. The highest BCUT2D eigenvalue weighted by Gasteiger charge is 2.16. The van der Waals surface area contributed by atoms with Crippen molar-refractivity contribution in [3.05, 3.63) is 35.4 Å². The van der Waals surface area contributed by atoms with Crippen molar-refractivity contribution in [2.75, 3.05) is 5.73 Å². The first-order valence-corrected chi connectivity index (χ1v) is 6.15. The summed E-state index contributed by atoms with van der Waals surface area (Å²) >= 11 is 0. The summed E-state index contributed by atoms with van der Waals surface area (Å²) in [5, 5.41) is 13.5. The minimum atomic E-state index is -1.05. The second-order valence-electron chi connectivity index (χ2n) is 4.11. The zero-order chi connectivity index (χ0) is 14.0. The first-order chi connectivity index (χ1) is 9.08. The van der Waals surface area contributed by atoms with Crippen molar-refractivity contribution in [1.82, 2.24) is 14.8 Å². The summed E-state index contributed by atoms with van der Waals surface area (Å²) in [6.07, 6.45) is 1.42. The number of carboxylic acids is 1. The Hall–Kier alpha value is -2.37. The molecule has 6 heteroatoms. The third kappa shape index (κ3) is 2.29. The van der Waals surface area contributed by atoms with E-state index in [1.54, 1.807) is 16.8 Å². The Morgan fingerprint density at radius 1 is 1.37 bits per heavy atom. The molecule has 0 spiro atoms. The maximum atomic E-state index is 11.1. The highest BCUT2D eigenvalue weighted by molar-refractivity contribution is 5.95. The summed E-state index contributed by atoms with van der Waals surface area (Å²) in [6.45, 7) is 3.94. The number of hydrogen-bond acceptors (Lipinski definition) is 4. The number of anilines is 1.